The Kier molecular flexibility index (Phi) is 11.8. The fourth-order valence-corrected chi connectivity index (χ4v) is 2.99. The monoisotopic (exact) mass is 340 g/mol. The minimum atomic E-state index is -0.0983. The first-order valence-electron chi connectivity index (χ1n) is 9.64. The number of epoxide rings is 1. The lowest BCUT2D eigenvalue weighted by atomic mass is 10.1. The van der Waals surface area contributed by atoms with Crippen molar-refractivity contribution < 1.29 is 19.0 Å². The molecule has 0 radical (unpaired) electrons. The second-order valence-electron chi connectivity index (χ2n) is 6.65. The van der Waals surface area contributed by atoms with Crippen LogP contribution in [0.2, 0.25) is 0 Å². The highest BCUT2D eigenvalue weighted by Gasteiger charge is 2.43. The van der Waals surface area contributed by atoms with Crippen LogP contribution in [-0.4, -0.2) is 38.5 Å². The van der Waals surface area contributed by atoms with Gasteiger partial charge >= 0.3 is 5.97 Å². The largest absolute Gasteiger partial charge is 0.469 e. The van der Waals surface area contributed by atoms with Crippen molar-refractivity contribution in [3.63, 3.8) is 0 Å². The minimum absolute atomic E-state index is 0.0983. The Balaban J connectivity index is 2.00. The summed E-state index contributed by atoms with van der Waals surface area (Å²) < 4.78 is 15.9. The van der Waals surface area contributed by atoms with Crippen molar-refractivity contribution in [1.29, 1.82) is 0 Å². The first kappa shape index (κ1) is 21.2. The summed E-state index contributed by atoms with van der Waals surface area (Å²) in [5, 5.41) is 0. The van der Waals surface area contributed by atoms with Gasteiger partial charge in [0.2, 0.25) is 0 Å². The summed E-state index contributed by atoms with van der Waals surface area (Å²) in [6.45, 7) is 2.23. The predicted molar refractivity (Wildman–Crippen MR) is 97.1 cm³/mol. The molecule has 4 heteroatoms. The Morgan fingerprint density at radius 1 is 1.08 bits per heavy atom. The third-order valence-electron chi connectivity index (χ3n) is 4.62. The van der Waals surface area contributed by atoms with Crippen molar-refractivity contribution >= 4 is 5.97 Å². The summed E-state index contributed by atoms with van der Waals surface area (Å²) in [6.07, 6.45) is 17.4. The summed E-state index contributed by atoms with van der Waals surface area (Å²) in [4.78, 5) is 11.0. The molecule has 1 aliphatic rings. The Labute approximate surface area is 147 Å². The van der Waals surface area contributed by atoms with Gasteiger partial charge in [0.25, 0.3) is 0 Å². The molecule has 3 atom stereocenters. The SMILES string of the molecule is CCCCCC1OC1C(/C=C/CCCCCCCC(=O)OC)OC. The highest BCUT2D eigenvalue weighted by molar-refractivity contribution is 5.68. The van der Waals surface area contributed by atoms with Gasteiger partial charge in [0.15, 0.2) is 0 Å². The van der Waals surface area contributed by atoms with Gasteiger partial charge < -0.3 is 14.2 Å². The smallest absolute Gasteiger partial charge is 0.305 e. The molecule has 0 aliphatic carbocycles. The summed E-state index contributed by atoms with van der Waals surface area (Å²) in [5.74, 6) is -0.0983. The average Bonchev–Trinajstić information content (AvgIpc) is 3.36. The number of esters is 1. The molecule has 0 aromatic carbocycles. The minimum Gasteiger partial charge on any atom is -0.469 e. The molecular weight excluding hydrogens is 304 g/mol. The highest BCUT2D eigenvalue weighted by atomic mass is 16.6. The van der Waals surface area contributed by atoms with E-state index in [2.05, 4.69) is 23.8 Å². The number of rotatable bonds is 15. The van der Waals surface area contributed by atoms with Crippen LogP contribution in [0.5, 0.6) is 0 Å². The molecule has 0 saturated carbocycles. The Bertz CT molecular complexity index is 354. The van der Waals surface area contributed by atoms with Crippen LogP contribution < -0.4 is 0 Å². The van der Waals surface area contributed by atoms with Gasteiger partial charge in [-0.05, 0) is 25.7 Å². The van der Waals surface area contributed by atoms with Crippen LogP contribution in [0.3, 0.4) is 0 Å². The van der Waals surface area contributed by atoms with Crippen LogP contribution in [0.1, 0.15) is 77.6 Å². The number of hydrogen-bond acceptors (Lipinski definition) is 4. The number of allylic oxidation sites excluding steroid dienone is 1. The van der Waals surface area contributed by atoms with Crippen molar-refractivity contribution in [2.24, 2.45) is 0 Å². The molecule has 1 rings (SSSR count). The summed E-state index contributed by atoms with van der Waals surface area (Å²) in [6, 6.07) is 0. The molecule has 1 aliphatic heterocycles. The van der Waals surface area contributed by atoms with E-state index in [0.29, 0.717) is 12.5 Å². The maximum Gasteiger partial charge on any atom is 0.305 e. The van der Waals surface area contributed by atoms with E-state index < -0.39 is 0 Å². The number of methoxy groups -OCH3 is 2. The number of carbonyl (C=O) groups excluding carboxylic acids is 1. The molecule has 4 nitrogen and oxygen atoms in total. The molecule has 0 aromatic heterocycles. The van der Waals surface area contributed by atoms with E-state index in [9.17, 15) is 4.79 Å². The molecule has 24 heavy (non-hydrogen) atoms. The number of hydrogen-bond donors (Lipinski definition) is 0. The van der Waals surface area contributed by atoms with Crippen molar-refractivity contribution in [3.05, 3.63) is 12.2 Å². The quantitative estimate of drug-likeness (QED) is 0.186. The molecule has 140 valence electrons. The van der Waals surface area contributed by atoms with E-state index in [4.69, 9.17) is 9.47 Å². The molecular formula is C20H36O4. The van der Waals surface area contributed by atoms with E-state index >= 15 is 0 Å². The van der Waals surface area contributed by atoms with Gasteiger partial charge in [-0.3, -0.25) is 4.79 Å². The van der Waals surface area contributed by atoms with E-state index in [1.807, 2.05) is 0 Å². The second-order valence-corrected chi connectivity index (χ2v) is 6.65. The first-order chi connectivity index (χ1) is 11.7. The van der Waals surface area contributed by atoms with Crippen LogP contribution in [0.25, 0.3) is 0 Å². The lowest BCUT2D eigenvalue weighted by Crippen LogP contribution is -2.17. The molecule has 1 saturated heterocycles. The van der Waals surface area contributed by atoms with Crippen LogP contribution >= 0.6 is 0 Å². The van der Waals surface area contributed by atoms with Crippen molar-refractivity contribution in [3.8, 4) is 0 Å². The van der Waals surface area contributed by atoms with E-state index in [1.54, 1.807) is 7.11 Å². The van der Waals surface area contributed by atoms with Gasteiger partial charge in [-0.1, -0.05) is 57.6 Å². The van der Waals surface area contributed by atoms with Gasteiger partial charge in [-0.25, -0.2) is 0 Å². The van der Waals surface area contributed by atoms with Gasteiger partial charge in [-0.2, -0.15) is 0 Å². The Morgan fingerprint density at radius 3 is 2.54 bits per heavy atom. The standard InChI is InChI=1S/C20H36O4/c1-4-5-11-15-18-20(24-18)17(22-2)14-12-9-7-6-8-10-13-16-19(21)23-3/h12,14,17-18,20H,4-11,13,15-16H2,1-3H3/b14-12+. The van der Waals surface area contributed by atoms with E-state index in [0.717, 1.165) is 25.7 Å². The third-order valence-corrected chi connectivity index (χ3v) is 4.62. The molecule has 0 bridgehead atoms. The summed E-state index contributed by atoms with van der Waals surface area (Å²) in [7, 11) is 3.21. The van der Waals surface area contributed by atoms with Crippen LogP contribution in [-0.2, 0) is 19.0 Å². The normalized spacial score (nSPS) is 21.1. The highest BCUT2D eigenvalue weighted by Crippen LogP contribution is 2.32. The Hall–Kier alpha value is -0.870. The Morgan fingerprint density at radius 2 is 1.83 bits per heavy atom. The van der Waals surface area contributed by atoms with E-state index in [-0.39, 0.29) is 18.2 Å². The molecule has 3 unspecified atom stereocenters. The zero-order valence-corrected chi connectivity index (χ0v) is 15.8. The lowest BCUT2D eigenvalue weighted by Gasteiger charge is -2.07. The number of carbonyl (C=O) groups is 1. The summed E-state index contributed by atoms with van der Waals surface area (Å²) >= 11 is 0. The topological polar surface area (TPSA) is 48.1 Å². The van der Waals surface area contributed by atoms with Crippen LogP contribution in [0.4, 0.5) is 0 Å². The van der Waals surface area contributed by atoms with Crippen molar-refractivity contribution in [1.82, 2.24) is 0 Å². The summed E-state index contributed by atoms with van der Waals surface area (Å²) in [5.41, 5.74) is 0. The van der Waals surface area contributed by atoms with Crippen LogP contribution in [0.15, 0.2) is 12.2 Å². The van der Waals surface area contributed by atoms with Crippen molar-refractivity contribution in [2.75, 3.05) is 14.2 Å². The van der Waals surface area contributed by atoms with Gasteiger partial charge in [-0.15, -0.1) is 0 Å². The number of ether oxygens (including phenoxy) is 3. The van der Waals surface area contributed by atoms with E-state index in [1.165, 1.54) is 45.6 Å². The molecule has 1 heterocycles. The molecule has 1 fully saturated rings. The average molecular weight is 341 g/mol. The van der Waals surface area contributed by atoms with Gasteiger partial charge in [0.1, 0.15) is 12.2 Å². The first-order valence-corrected chi connectivity index (χ1v) is 9.64. The fraction of sp³-hybridized carbons (Fsp3) is 0.850. The molecule has 0 amide bonds. The zero-order valence-electron chi connectivity index (χ0n) is 15.8. The van der Waals surface area contributed by atoms with Gasteiger partial charge in [0.05, 0.1) is 13.2 Å². The maximum atomic E-state index is 11.0. The zero-order chi connectivity index (χ0) is 17.6. The van der Waals surface area contributed by atoms with Crippen molar-refractivity contribution in [2.45, 2.75) is 95.9 Å². The second kappa shape index (κ2) is 13.4. The molecule has 0 spiro atoms. The number of unbranched alkanes of at least 4 members (excludes halogenated alkanes) is 7. The molecule has 0 aromatic rings. The predicted octanol–water partition coefficient (Wildman–Crippen LogP) is 4.81. The molecule has 0 N–H and O–H groups in total. The van der Waals surface area contributed by atoms with Crippen LogP contribution in [0, 0.1) is 0 Å². The lowest BCUT2D eigenvalue weighted by molar-refractivity contribution is -0.140. The fourth-order valence-electron chi connectivity index (χ4n) is 2.99. The maximum absolute atomic E-state index is 11.0. The van der Waals surface area contributed by atoms with Gasteiger partial charge in [0, 0.05) is 13.5 Å². The third kappa shape index (κ3) is 9.43.